The summed E-state index contributed by atoms with van der Waals surface area (Å²) in [4.78, 5) is 42.8. The number of aryl methyl sites for hydroxylation is 2. The quantitative estimate of drug-likeness (QED) is 0.540. The van der Waals surface area contributed by atoms with Crippen LogP contribution in [0, 0.1) is 25.7 Å². The number of hydrogen-bond donors (Lipinski definition) is 1. The Morgan fingerprint density at radius 3 is 2.42 bits per heavy atom. The molecule has 3 heterocycles. The lowest BCUT2D eigenvalue weighted by molar-refractivity contribution is -0.129. The van der Waals surface area contributed by atoms with Gasteiger partial charge in [-0.3, -0.25) is 19.4 Å². The van der Waals surface area contributed by atoms with E-state index in [-0.39, 0.29) is 11.8 Å². The van der Waals surface area contributed by atoms with Crippen LogP contribution < -0.4 is 10.2 Å². The van der Waals surface area contributed by atoms with Gasteiger partial charge in [-0.2, -0.15) is 5.10 Å². The normalized spacial score (nSPS) is 24.0. The molecule has 0 saturated carbocycles. The van der Waals surface area contributed by atoms with E-state index in [1.54, 1.807) is 41.6 Å². The van der Waals surface area contributed by atoms with Crippen LogP contribution in [0.2, 0.25) is 5.02 Å². The van der Waals surface area contributed by atoms with Crippen LogP contribution in [0.4, 0.5) is 11.4 Å². The fourth-order valence-corrected chi connectivity index (χ4v) is 5.84. The molecule has 0 spiro atoms. The Bertz CT molecular complexity index is 1450. The first-order chi connectivity index (χ1) is 17.3. The van der Waals surface area contributed by atoms with Crippen LogP contribution in [-0.2, 0) is 14.4 Å². The highest BCUT2D eigenvalue weighted by Gasteiger charge is 2.65. The number of amides is 3. The van der Waals surface area contributed by atoms with Gasteiger partial charge in [-0.05, 0) is 60.9 Å². The van der Waals surface area contributed by atoms with E-state index in [0.29, 0.717) is 16.4 Å². The average molecular weight is 499 g/mol. The lowest BCUT2D eigenvalue weighted by Crippen LogP contribution is -2.46. The summed E-state index contributed by atoms with van der Waals surface area (Å²) >= 11 is 5.99. The monoisotopic (exact) mass is 498 g/mol. The third kappa shape index (κ3) is 3.34. The molecule has 3 aliphatic rings. The van der Waals surface area contributed by atoms with Crippen molar-refractivity contribution in [1.82, 2.24) is 5.01 Å². The van der Waals surface area contributed by atoms with Gasteiger partial charge in [0.2, 0.25) is 17.7 Å². The summed E-state index contributed by atoms with van der Waals surface area (Å²) in [6.45, 7) is 3.85. The molecular weight excluding hydrogens is 476 g/mol. The largest absolute Gasteiger partial charge is 0.324 e. The Labute approximate surface area is 213 Å². The summed E-state index contributed by atoms with van der Waals surface area (Å²) in [6, 6.07) is 18.6. The van der Waals surface area contributed by atoms with Gasteiger partial charge in [0, 0.05) is 10.7 Å². The number of benzene rings is 3. The molecule has 2 saturated heterocycles. The van der Waals surface area contributed by atoms with Crippen LogP contribution in [-0.4, -0.2) is 35.0 Å². The Balaban J connectivity index is 1.45. The minimum atomic E-state index is -0.951. The van der Waals surface area contributed by atoms with E-state index in [9.17, 15) is 14.4 Å². The second kappa shape index (κ2) is 8.31. The first kappa shape index (κ1) is 22.5. The number of nitrogens with one attached hydrogen (secondary N) is 1. The molecule has 1 N–H and O–H groups in total. The van der Waals surface area contributed by atoms with Gasteiger partial charge >= 0.3 is 0 Å². The SMILES string of the molecule is Cc1ccc(N2C(=O)[C@@H]3[C@H](C2=O)[C@@H]2c4ccccc4C=NN2[C@H]3C(=O)Nc2ccc(Cl)cc2)c(C)c1. The summed E-state index contributed by atoms with van der Waals surface area (Å²) in [6.07, 6.45) is 1.69. The summed E-state index contributed by atoms with van der Waals surface area (Å²) < 4.78 is 0. The summed E-state index contributed by atoms with van der Waals surface area (Å²) in [5, 5.41) is 9.65. The van der Waals surface area contributed by atoms with Gasteiger partial charge in [-0.1, -0.05) is 53.6 Å². The van der Waals surface area contributed by atoms with Gasteiger partial charge in [-0.15, -0.1) is 0 Å². The smallest absolute Gasteiger partial charge is 0.249 e. The molecule has 3 aromatic carbocycles. The lowest BCUT2D eigenvalue weighted by Gasteiger charge is -2.33. The number of halogens is 1. The molecule has 0 radical (unpaired) electrons. The van der Waals surface area contributed by atoms with Gasteiger partial charge in [-0.25, -0.2) is 4.90 Å². The summed E-state index contributed by atoms with van der Waals surface area (Å²) in [5.41, 5.74) is 4.74. The van der Waals surface area contributed by atoms with Gasteiger partial charge in [0.05, 0.1) is 29.8 Å². The van der Waals surface area contributed by atoms with Crippen LogP contribution in [0.3, 0.4) is 0 Å². The molecule has 0 unspecified atom stereocenters. The van der Waals surface area contributed by atoms with Crippen molar-refractivity contribution < 1.29 is 14.4 Å². The molecular formula is C28H23ClN4O3. The van der Waals surface area contributed by atoms with Crippen LogP contribution in [0.25, 0.3) is 0 Å². The molecule has 3 amide bonds. The zero-order valence-corrected chi connectivity index (χ0v) is 20.4. The van der Waals surface area contributed by atoms with E-state index in [1.807, 2.05) is 50.2 Å². The van der Waals surface area contributed by atoms with Crippen LogP contribution in [0.5, 0.6) is 0 Å². The maximum atomic E-state index is 13.9. The average Bonchev–Trinajstić information content (AvgIpc) is 3.34. The second-order valence-electron chi connectivity index (χ2n) is 9.49. The molecule has 3 aromatic rings. The number of hydrogen-bond acceptors (Lipinski definition) is 5. The van der Waals surface area contributed by atoms with Crippen LogP contribution >= 0.6 is 11.6 Å². The highest BCUT2D eigenvalue weighted by atomic mass is 35.5. The van der Waals surface area contributed by atoms with Gasteiger partial charge in [0.1, 0.15) is 6.04 Å². The zero-order valence-electron chi connectivity index (χ0n) is 19.7. The number of carbonyl (C=O) groups is 3. The first-order valence-corrected chi connectivity index (χ1v) is 12.2. The van der Waals surface area contributed by atoms with Crippen molar-refractivity contribution in [2.45, 2.75) is 25.9 Å². The van der Waals surface area contributed by atoms with Crippen molar-refractivity contribution in [3.63, 3.8) is 0 Å². The van der Waals surface area contributed by atoms with Crippen molar-refractivity contribution in [2.75, 3.05) is 10.2 Å². The minimum absolute atomic E-state index is 0.305. The molecule has 3 aliphatic heterocycles. The second-order valence-corrected chi connectivity index (χ2v) is 9.93. The maximum Gasteiger partial charge on any atom is 0.249 e. The molecule has 36 heavy (non-hydrogen) atoms. The number of nitrogens with zero attached hydrogens (tertiary/aromatic N) is 3. The number of hydrazone groups is 1. The van der Waals surface area contributed by atoms with Crippen molar-refractivity contribution in [3.8, 4) is 0 Å². The van der Waals surface area contributed by atoms with E-state index in [1.165, 1.54) is 4.90 Å². The topological polar surface area (TPSA) is 82.1 Å². The van der Waals surface area contributed by atoms with E-state index in [0.717, 1.165) is 22.3 Å². The minimum Gasteiger partial charge on any atom is -0.324 e. The van der Waals surface area contributed by atoms with Crippen LogP contribution in [0.15, 0.2) is 71.8 Å². The van der Waals surface area contributed by atoms with Crippen molar-refractivity contribution >= 4 is 46.9 Å². The molecule has 7 nitrogen and oxygen atoms in total. The molecule has 8 heteroatoms. The maximum absolute atomic E-state index is 13.9. The standard InChI is InChI=1S/C28H23ClN4O3/c1-15-7-12-21(16(2)13-15)32-27(35)22-23(28(32)36)25(26(34)31-19-10-8-18(29)9-11-19)33-24(22)20-6-4-3-5-17(20)14-30-33/h3-14,22-25H,1-2H3,(H,31,34)/t22-,23+,24-,25+/m0/s1. The van der Waals surface area contributed by atoms with Crippen LogP contribution in [0.1, 0.15) is 28.3 Å². The predicted molar refractivity (Wildman–Crippen MR) is 138 cm³/mol. The Kier molecular flexibility index (Phi) is 5.19. The zero-order chi connectivity index (χ0) is 25.1. The first-order valence-electron chi connectivity index (χ1n) is 11.8. The van der Waals surface area contributed by atoms with E-state index in [2.05, 4.69) is 10.4 Å². The molecule has 180 valence electrons. The number of anilines is 2. The highest BCUT2D eigenvalue weighted by Crippen LogP contribution is 2.53. The van der Waals surface area contributed by atoms with E-state index >= 15 is 0 Å². The molecule has 0 aliphatic carbocycles. The number of imide groups is 1. The van der Waals surface area contributed by atoms with E-state index < -0.39 is 29.8 Å². The summed E-state index contributed by atoms with van der Waals surface area (Å²) in [7, 11) is 0. The fraction of sp³-hybridized carbons (Fsp3) is 0.214. The Morgan fingerprint density at radius 1 is 0.944 bits per heavy atom. The number of rotatable bonds is 3. The van der Waals surface area contributed by atoms with Crippen molar-refractivity contribution in [1.29, 1.82) is 0 Å². The third-order valence-corrected chi connectivity index (χ3v) is 7.52. The lowest BCUT2D eigenvalue weighted by atomic mass is 9.85. The van der Waals surface area contributed by atoms with Gasteiger partial charge < -0.3 is 5.32 Å². The van der Waals surface area contributed by atoms with E-state index in [4.69, 9.17) is 11.6 Å². The molecule has 6 rings (SSSR count). The Morgan fingerprint density at radius 2 is 1.67 bits per heavy atom. The number of carbonyl (C=O) groups excluding carboxylic acids is 3. The molecule has 0 bridgehead atoms. The molecule has 2 fully saturated rings. The molecule has 0 aromatic heterocycles. The fourth-order valence-electron chi connectivity index (χ4n) is 5.71. The van der Waals surface area contributed by atoms with Crippen molar-refractivity contribution in [3.05, 3.63) is 94.0 Å². The third-order valence-electron chi connectivity index (χ3n) is 7.27. The summed E-state index contributed by atoms with van der Waals surface area (Å²) in [5.74, 6) is -2.69. The Hall–Kier alpha value is -3.97. The molecule has 4 atom stereocenters. The van der Waals surface area contributed by atoms with Gasteiger partial charge in [0.25, 0.3) is 0 Å². The number of fused-ring (bicyclic) bond motifs is 5. The van der Waals surface area contributed by atoms with Crippen molar-refractivity contribution in [2.24, 2.45) is 16.9 Å². The highest BCUT2D eigenvalue weighted by molar-refractivity contribution is 6.30. The van der Waals surface area contributed by atoms with Gasteiger partial charge in [0.15, 0.2) is 0 Å². The predicted octanol–water partition coefficient (Wildman–Crippen LogP) is 4.47.